The summed E-state index contributed by atoms with van der Waals surface area (Å²) in [5, 5.41) is 0.760. The van der Waals surface area contributed by atoms with Gasteiger partial charge in [0, 0.05) is 28.1 Å². The fourth-order valence-electron chi connectivity index (χ4n) is 2.89. The number of benzene rings is 1. The maximum absolute atomic E-state index is 3.82. The first-order valence-electron chi connectivity index (χ1n) is 6.83. The number of halogens is 1. The van der Waals surface area contributed by atoms with Crippen LogP contribution in [-0.4, -0.2) is 34.6 Å². The smallest absolute Gasteiger partial charge is 0.0299 e. The van der Waals surface area contributed by atoms with Crippen LogP contribution in [-0.2, 0) is 6.42 Å². The molecular weight excluding hydrogens is 306 g/mol. The zero-order valence-corrected chi connectivity index (χ0v) is 13.2. The van der Waals surface area contributed by atoms with Crippen molar-refractivity contribution < 1.29 is 0 Å². The van der Waals surface area contributed by atoms with Crippen molar-refractivity contribution >= 4 is 27.7 Å². The molecule has 0 saturated carbocycles. The SMILES string of the molecule is CC1CCN(CC2Cc3ccccc3S2)CC1Br. The van der Waals surface area contributed by atoms with E-state index >= 15 is 0 Å². The molecule has 0 bridgehead atoms. The molecule has 0 amide bonds. The third-order valence-electron chi connectivity index (χ3n) is 4.13. The molecular formula is C15H20BrNS. The second-order valence-corrected chi connectivity index (χ2v) is 8.11. The number of hydrogen-bond donors (Lipinski definition) is 0. The summed E-state index contributed by atoms with van der Waals surface area (Å²) in [4.78, 5) is 4.83. The van der Waals surface area contributed by atoms with Crippen LogP contribution in [0.4, 0.5) is 0 Å². The van der Waals surface area contributed by atoms with Crippen molar-refractivity contribution in [3.63, 3.8) is 0 Å². The Balaban J connectivity index is 1.57. The average molecular weight is 326 g/mol. The molecule has 3 atom stereocenters. The Bertz CT molecular complexity index is 398. The average Bonchev–Trinajstić information content (AvgIpc) is 2.76. The molecule has 1 aromatic rings. The Labute approximate surface area is 122 Å². The lowest BCUT2D eigenvalue weighted by Gasteiger charge is -2.35. The van der Waals surface area contributed by atoms with E-state index in [1.807, 2.05) is 0 Å². The van der Waals surface area contributed by atoms with Gasteiger partial charge < -0.3 is 4.90 Å². The molecule has 2 aliphatic rings. The summed E-state index contributed by atoms with van der Waals surface area (Å²) < 4.78 is 0. The largest absolute Gasteiger partial charge is 0.301 e. The van der Waals surface area contributed by atoms with E-state index in [0.29, 0.717) is 4.83 Å². The van der Waals surface area contributed by atoms with Gasteiger partial charge in [-0.3, -0.25) is 0 Å². The Morgan fingerprint density at radius 2 is 2.22 bits per heavy atom. The molecule has 1 saturated heterocycles. The monoisotopic (exact) mass is 325 g/mol. The molecule has 0 radical (unpaired) electrons. The predicted molar refractivity (Wildman–Crippen MR) is 82.7 cm³/mol. The highest BCUT2D eigenvalue weighted by Gasteiger charge is 2.28. The summed E-state index contributed by atoms with van der Waals surface area (Å²) in [6, 6.07) is 8.88. The van der Waals surface area contributed by atoms with Crippen LogP contribution < -0.4 is 0 Å². The van der Waals surface area contributed by atoms with Crippen LogP contribution in [0.3, 0.4) is 0 Å². The summed E-state index contributed by atoms with van der Waals surface area (Å²) in [7, 11) is 0. The topological polar surface area (TPSA) is 3.24 Å². The van der Waals surface area contributed by atoms with Crippen molar-refractivity contribution in [3.8, 4) is 0 Å². The second-order valence-electron chi connectivity index (χ2n) is 5.59. The second kappa shape index (κ2) is 5.56. The maximum Gasteiger partial charge on any atom is 0.0299 e. The quantitative estimate of drug-likeness (QED) is 0.761. The third-order valence-corrected chi connectivity index (χ3v) is 6.62. The third kappa shape index (κ3) is 2.78. The van der Waals surface area contributed by atoms with Crippen LogP contribution in [0.5, 0.6) is 0 Å². The first-order chi connectivity index (χ1) is 8.72. The first-order valence-corrected chi connectivity index (χ1v) is 8.63. The molecule has 1 nitrogen and oxygen atoms in total. The minimum absolute atomic E-state index is 0.681. The van der Waals surface area contributed by atoms with Crippen molar-refractivity contribution in [2.75, 3.05) is 19.6 Å². The van der Waals surface area contributed by atoms with Crippen LogP contribution in [0.1, 0.15) is 18.9 Å². The van der Waals surface area contributed by atoms with E-state index in [0.717, 1.165) is 11.2 Å². The van der Waals surface area contributed by atoms with Crippen molar-refractivity contribution in [2.45, 2.75) is 34.7 Å². The maximum atomic E-state index is 3.82. The van der Waals surface area contributed by atoms with Gasteiger partial charge in [-0.15, -0.1) is 11.8 Å². The summed E-state index contributed by atoms with van der Waals surface area (Å²) in [5.74, 6) is 0.828. The molecule has 0 aromatic heterocycles. The Kier molecular flexibility index (Phi) is 4.02. The molecule has 0 aliphatic carbocycles. The zero-order chi connectivity index (χ0) is 12.5. The van der Waals surface area contributed by atoms with Gasteiger partial charge in [-0.25, -0.2) is 0 Å². The molecule has 2 aliphatic heterocycles. The van der Waals surface area contributed by atoms with E-state index in [2.05, 4.69) is 63.8 Å². The van der Waals surface area contributed by atoms with Crippen LogP contribution in [0, 0.1) is 5.92 Å². The number of alkyl halides is 1. The van der Waals surface area contributed by atoms with Crippen molar-refractivity contribution in [1.82, 2.24) is 4.90 Å². The molecule has 2 heterocycles. The minimum Gasteiger partial charge on any atom is -0.301 e. The lowest BCUT2D eigenvalue weighted by Crippen LogP contribution is -2.43. The molecule has 18 heavy (non-hydrogen) atoms. The lowest BCUT2D eigenvalue weighted by atomic mass is 9.98. The lowest BCUT2D eigenvalue weighted by molar-refractivity contribution is 0.202. The summed E-state index contributed by atoms with van der Waals surface area (Å²) in [6.07, 6.45) is 2.58. The number of hydrogen-bond acceptors (Lipinski definition) is 2. The number of nitrogens with zero attached hydrogens (tertiary/aromatic N) is 1. The van der Waals surface area contributed by atoms with Crippen LogP contribution >= 0.6 is 27.7 Å². The predicted octanol–water partition coefficient (Wildman–Crippen LogP) is 3.81. The van der Waals surface area contributed by atoms with E-state index in [9.17, 15) is 0 Å². The fraction of sp³-hybridized carbons (Fsp3) is 0.600. The van der Waals surface area contributed by atoms with Gasteiger partial charge >= 0.3 is 0 Å². The van der Waals surface area contributed by atoms with Gasteiger partial charge in [0.25, 0.3) is 0 Å². The number of fused-ring (bicyclic) bond motifs is 1. The highest BCUT2D eigenvalue weighted by Crippen LogP contribution is 2.37. The van der Waals surface area contributed by atoms with E-state index in [4.69, 9.17) is 0 Å². The summed E-state index contributed by atoms with van der Waals surface area (Å²) in [5.41, 5.74) is 1.55. The van der Waals surface area contributed by atoms with Crippen LogP contribution in [0.2, 0.25) is 0 Å². The molecule has 0 N–H and O–H groups in total. The molecule has 0 spiro atoms. The van der Waals surface area contributed by atoms with Crippen LogP contribution in [0.25, 0.3) is 0 Å². The molecule has 3 unspecified atom stereocenters. The van der Waals surface area contributed by atoms with Crippen molar-refractivity contribution in [1.29, 1.82) is 0 Å². The number of likely N-dealkylation sites (tertiary alicyclic amines) is 1. The molecule has 98 valence electrons. The van der Waals surface area contributed by atoms with Gasteiger partial charge in [0.15, 0.2) is 0 Å². The van der Waals surface area contributed by atoms with Crippen molar-refractivity contribution in [2.24, 2.45) is 5.92 Å². The molecule has 3 heteroatoms. The summed E-state index contributed by atoms with van der Waals surface area (Å²) in [6.45, 7) is 6.09. The highest BCUT2D eigenvalue weighted by atomic mass is 79.9. The van der Waals surface area contributed by atoms with E-state index < -0.39 is 0 Å². The van der Waals surface area contributed by atoms with Crippen molar-refractivity contribution in [3.05, 3.63) is 29.8 Å². The summed E-state index contributed by atoms with van der Waals surface area (Å²) >= 11 is 5.90. The van der Waals surface area contributed by atoms with E-state index in [-0.39, 0.29) is 0 Å². The zero-order valence-electron chi connectivity index (χ0n) is 10.8. The number of piperidine rings is 1. The van der Waals surface area contributed by atoms with E-state index in [1.54, 1.807) is 5.56 Å². The van der Waals surface area contributed by atoms with Gasteiger partial charge in [0.05, 0.1) is 0 Å². The standard InChI is InChI=1S/C15H20BrNS/c1-11-6-7-17(10-14(11)16)9-13-8-12-4-2-3-5-15(12)18-13/h2-5,11,13-14H,6-10H2,1H3. The Morgan fingerprint density at radius 3 is 3.00 bits per heavy atom. The van der Waals surface area contributed by atoms with Gasteiger partial charge in [0.2, 0.25) is 0 Å². The Hall–Kier alpha value is 0.01000. The fourth-order valence-corrected chi connectivity index (χ4v) is 4.94. The molecule has 1 fully saturated rings. The van der Waals surface area contributed by atoms with Crippen LogP contribution in [0.15, 0.2) is 29.2 Å². The highest BCUT2D eigenvalue weighted by molar-refractivity contribution is 9.09. The van der Waals surface area contributed by atoms with Gasteiger partial charge in [0.1, 0.15) is 0 Å². The number of rotatable bonds is 2. The first kappa shape index (κ1) is 13.0. The van der Waals surface area contributed by atoms with Gasteiger partial charge in [-0.1, -0.05) is 41.1 Å². The van der Waals surface area contributed by atoms with E-state index in [1.165, 1.54) is 37.4 Å². The molecule has 1 aromatic carbocycles. The number of thioether (sulfide) groups is 1. The minimum atomic E-state index is 0.681. The molecule has 3 rings (SSSR count). The van der Waals surface area contributed by atoms with Gasteiger partial charge in [-0.05, 0) is 36.9 Å². The normalized spacial score (nSPS) is 32.4. The van der Waals surface area contributed by atoms with Gasteiger partial charge in [-0.2, -0.15) is 0 Å². The Morgan fingerprint density at radius 1 is 1.39 bits per heavy atom.